The topological polar surface area (TPSA) is 24.4 Å². The van der Waals surface area contributed by atoms with Gasteiger partial charge in [-0.1, -0.05) is 107 Å². The fraction of sp³-hybridized carbons (Fsp3) is 0.303. The number of fused-ring (bicyclic) bond motifs is 1. The maximum absolute atomic E-state index is 5.36. The van der Waals surface area contributed by atoms with Crippen LogP contribution in [0.2, 0.25) is 0 Å². The summed E-state index contributed by atoms with van der Waals surface area (Å²) in [5.41, 5.74) is 8.45. The Morgan fingerprint density at radius 2 is 1.51 bits per heavy atom. The Morgan fingerprint density at radius 1 is 0.857 bits per heavy atom. The molecule has 3 aromatic rings. The molecule has 0 spiro atoms. The summed E-state index contributed by atoms with van der Waals surface area (Å²) < 4.78 is 0. The van der Waals surface area contributed by atoms with Crippen LogP contribution < -0.4 is 5.32 Å². The van der Waals surface area contributed by atoms with Gasteiger partial charge in [0.15, 0.2) is 0 Å². The van der Waals surface area contributed by atoms with E-state index in [-0.39, 0.29) is 0 Å². The van der Waals surface area contributed by atoms with E-state index in [0.717, 1.165) is 48.5 Å². The van der Waals surface area contributed by atoms with Crippen LogP contribution in [-0.4, -0.2) is 5.84 Å². The Morgan fingerprint density at radius 3 is 2.14 bits per heavy atom. The van der Waals surface area contributed by atoms with E-state index in [2.05, 4.69) is 126 Å². The summed E-state index contributed by atoms with van der Waals surface area (Å²) in [7, 11) is 0. The molecule has 2 heteroatoms. The Hall–Kier alpha value is -3.39. The van der Waals surface area contributed by atoms with E-state index in [1.165, 1.54) is 33.0 Å². The molecule has 0 saturated heterocycles. The second kappa shape index (κ2) is 12.9. The highest BCUT2D eigenvalue weighted by Crippen LogP contribution is 2.29. The predicted molar refractivity (Wildman–Crippen MR) is 155 cm³/mol. The van der Waals surface area contributed by atoms with Gasteiger partial charge in [-0.15, -0.1) is 0 Å². The van der Waals surface area contributed by atoms with E-state index >= 15 is 0 Å². The van der Waals surface area contributed by atoms with Gasteiger partial charge in [0.1, 0.15) is 5.84 Å². The molecule has 3 rings (SSSR count). The van der Waals surface area contributed by atoms with E-state index in [1.807, 2.05) is 0 Å². The largest absolute Gasteiger partial charge is 0.343 e. The van der Waals surface area contributed by atoms with Crippen LogP contribution in [0.15, 0.2) is 95.2 Å². The molecule has 0 atom stereocenters. The summed E-state index contributed by atoms with van der Waals surface area (Å²) in [6, 6.07) is 19.6. The van der Waals surface area contributed by atoms with Gasteiger partial charge in [-0.2, -0.15) is 0 Å². The molecule has 0 aliphatic heterocycles. The van der Waals surface area contributed by atoms with Gasteiger partial charge in [0, 0.05) is 11.3 Å². The molecule has 3 aromatic carbocycles. The quantitative estimate of drug-likeness (QED) is 0.190. The fourth-order valence-electron chi connectivity index (χ4n) is 4.50. The van der Waals surface area contributed by atoms with Crippen LogP contribution in [0.5, 0.6) is 0 Å². The van der Waals surface area contributed by atoms with Gasteiger partial charge >= 0.3 is 0 Å². The van der Waals surface area contributed by atoms with Crippen molar-refractivity contribution in [1.29, 1.82) is 0 Å². The molecule has 0 aliphatic rings. The van der Waals surface area contributed by atoms with Crippen LogP contribution in [-0.2, 0) is 12.8 Å². The lowest BCUT2D eigenvalue weighted by Crippen LogP contribution is -2.24. The molecule has 0 fully saturated rings. The SMILES string of the molecule is CC/C=C/C=C\C(CC)=C(/C)NC(=Nc1c(CC)cccc1CC)c1cccc2cccc(C)c12. The highest BCUT2D eigenvalue weighted by atomic mass is 15.0. The molecule has 0 aliphatic carbocycles. The lowest BCUT2D eigenvalue weighted by atomic mass is 9.98. The van der Waals surface area contributed by atoms with Gasteiger partial charge in [-0.25, -0.2) is 4.99 Å². The third-order valence-corrected chi connectivity index (χ3v) is 6.51. The summed E-state index contributed by atoms with van der Waals surface area (Å²) in [6.45, 7) is 13.1. The zero-order valence-corrected chi connectivity index (χ0v) is 22.3. The molecule has 1 N–H and O–H groups in total. The molecule has 0 radical (unpaired) electrons. The van der Waals surface area contributed by atoms with Crippen LogP contribution >= 0.6 is 0 Å². The number of rotatable bonds is 9. The van der Waals surface area contributed by atoms with E-state index in [9.17, 15) is 0 Å². The van der Waals surface area contributed by atoms with E-state index < -0.39 is 0 Å². The standard InChI is InChI=1S/C33H40N2/c1-7-11-12-13-18-26(8-2)25(6)34-33(35-32-27(9-3)19-15-20-28(32)10-4)30-23-16-22-29-21-14-17-24(5)31(29)30/h11-23H,7-10H2,1-6H3,(H,34,35)/b12-11+,18-13-,26-25+. The van der Waals surface area contributed by atoms with E-state index in [0.29, 0.717) is 0 Å². The van der Waals surface area contributed by atoms with Crippen LogP contribution in [0.25, 0.3) is 10.8 Å². The second-order valence-corrected chi connectivity index (χ2v) is 8.90. The average molecular weight is 465 g/mol. The number of hydrogen-bond acceptors (Lipinski definition) is 1. The lowest BCUT2D eigenvalue weighted by Gasteiger charge is -2.18. The van der Waals surface area contributed by atoms with Gasteiger partial charge in [0.2, 0.25) is 0 Å². The number of amidine groups is 1. The Labute approximate surface area is 212 Å². The number of benzene rings is 3. The minimum Gasteiger partial charge on any atom is -0.343 e. The zero-order chi connectivity index (χ0) is 25.2. The molecule has 0 unspecified atom stereocenters. The molecule has 35 heavy (non-hydrogen) atoms. The third kappa shape index (κ3) is 6.39. The number of nitrogens with one attached hydrogen (secondary N) is 1. The summed E-state index contributed by atoms with van der Waals surface area (Å²) in [5.74, 6) is 0.904. The normalized spacial score (nSPS) is 13.1. The summed E-state index contributed by atoms with van der Waals surface area (Å²) in [6.07, 6.45) is 12.5. The molecule has 182 valence electrons. The third-order valence-electron chi connectivity index (χ3n) is 6.51. The van der Waals surface area contributed by atoms with Gasteiger partial charge in [-0.3, -0.25) is 0 Å². The van der Waals surface area contributed by atoms with Gasteiger partial charge in [0.05, 0.1) is 5.69 Å². The van der Waals surface area contributed by atoms with Crippen molar-refractivity contribution in [3.05, 3.63) is 112 Å². The van der Waals surface area contributed by atoms with Crippen molar-refractivity contribution in [3.63, 3.8) is 0 Å². The first-order valence-electron chi connectivity index (χ1n) is 13.0. The van der Waals surface area contributed by atoms with E-state index in [4.69, 9.17) is 4.99 Å². The first-order valence-corrected chi connectivity index (χ1v) is 13.0. The van der Waals surface area contributed by atoms with Crippen LogP contribution in [0.1, 0.15) is 69.7 Å². The number of aliphatic imine (C=N–C) groups is 1. The number of hydrogen-bond donors (Lipinski definition) is 1. The molecular formula is C33H40N2. The zero-order valence-electron chi connectivity index (χ0n) is 22.3. The number of aryl methyl sites for hydroxylation is 3. The fourth-order valence-corrected chi connectivity index (χ4v) is 4.50. The molecule has 0 heterocycles. The van der Waals surface area contributed by atoms with Crippen molar-refractivity contribution < 1.29 is 0 Å². The minimum absolute atomic E-state index is 0.904. The molecular weight excluding hydrogens is 424 g/mol. The van der Waals surface area contributed by atoms with Crippen LogP contribution in [0.3, 0.4) is 0 Å². The van der Waals surface area contributed by atoms with Crippen LogP contribution in [0.4, 0.5) is 5.69 Å². The van der Waals surface area contributed by atoms with Crippen molar-refractivity contribution in [1.82, 2.24) is 5.32 Å². The van der Waals surface area contributed by atoms with Crippen molar-refractivity contribution >= 4 is 22.3 Å². The highest BCUT2D eigenvalue weighted by molar-refractivity contribution is 6.12. The Kier molecular flexibility index (Phi) is 9.66. The Balaban J connectivity index is 2.24. The molecule has 0 aromatic heterocycles. The highest BCUT2D eigenvalue weighted by Gasteiger charge is 2.14. The first-order chi connectivity index (χ1) is 17.0. The van der Waals surface area contributed by atoms with Crippen molar-refractivity contribution in [2.45, 2.75) is 67.2 Å². The smallest absolute Gasteiger partial charge is 0.138 e. The van der Waals surface area contributed by atoms with E-state index in [1.54, 1.807) is 0 Å². The Bertz CT molecular complexity index is 1240. The summed E-state index contributed by atoms with van der Waals surface area (Å²) >= 11 is 0. The van der Waals surface area contributed by atoms with Gasteiger partial charge in [-0.05, 0) is 72.6 Å². The predicted octanol–water partition coefficient (Wildman–Crippen LogP) is 9.15. The van der Waals surface area contributed by atoms with Crippen molar-refractivity contribution in [3.8, 4) is 0 Å². The molecule has 0 amide bonds. The summed E-state index contributed by atoms with van der Waals surface area (Å²) in [4.78, 5) is 5.36. The molecule has 2 nitrogen and oxygen atoms in total. The number of allylic oxidation sites excluding steroid dienone is 6. The van der Waals surface area contributed by atoms with Crippen LogP contribution in [0, 0.1) is 6.92 Å². The van der Waals surface area contributed by atoms with Gasteiger partial charge < -0.3 is 5.32 Å². The number of para-hydroxylation sites is 1. The van der Waals surface area contributed by atoms with Gasteiger partial charge in [0.25, 0.3) is 0 Å². The second-order valence-electron chi connectivity index (χ2n) is 8.90. The summed E-state index contributed by atoms with van der Waals surface area (Å²) in [5, 5.41) is 6.24. The maximum Gasteiger partial charge on any atom is 0.138 e. The molecule has 0 saturated carbocycles. The average Bonchev–Trinajstić information content (AvgIpc) is 2.88. The monoisotopic (exact) mass is 464 g/mol. The number of nitrogens with zero attached hydrogens (tertiary/aromatic N) is 1. The minimum atomic E-state index is 0.904. The first kappa shape index (κ1) is 26.2. The van der Waals surface area contributed by atoms with Crippen molar-refractivity contribution in [2.24, 2.45) is 4.99 Å². The lowest BCUT2D eigenvalue weighted by molar-refractivity contribution is 1.01. The van der Waals surface area contributed by atoms with Crippen molar-refractivity contribution in [2.75, 3.05) is 0 Å². The maximum atomic E-state index is 5.36. The molecule has 0 bridgehead atoms.